The minimum atomic E-state index is 0.613. The van der Waals surface area contributed by atoms with Crippen LogP contribution in [0.4, 0.5) is 5.69 Å². The minimum Gasteiger partial charge on any atom is -0.332 e. The topological polar surface area (TPSA) is 30.5 Å². The monoisotopic (exact) mass is 284 g/mol. The molecule has 1 aromatic rings. The summed E-state index contributed by atoms with van der Waals surface area (Å²) >= 11 is 11.1. The average Bonchev–Trinajstić information content (AvgIpc) is 2.35. The van der Waals surface area contributed by atoms with Gasteiger partial charge in [-0.05, 0) is 43.5 Å². The van der Waals surface area contributed by atoms with Crippen LogP contribution in [0.25, 0.3) is 0 Å². The van der Waals surface area contributed by atoms with E-state index in [1.807, 2.05) is 24.3 Å². The first-order chi connectivity index (χ1) is 8.63. The summed E-state index contributed by atoms with van der Waals surface area (Å²) in [6, 6.07) is 7.48. The summed E-state index contributed by atoms with van der Waals surface area (Å²) < 4.78 is 0. The molecule has 2 rings (SSSR count). The lowest BCUT2D eigenvalue weighted by Gasteiger charge is -2.33. The summed E-state index contributed by atoms with van der Waals surface area (Å²) in [4.78, 5) is 2.30. The molecule has 1 aliphatic heterocycles. The number of halogens is 1. The summed E-state index contributed by atoms with van der Waals surface area (Å²) in [6.45, 7) is 4.05. The van der Waals surface area contributed by atoms with Gasteiger partial charge < -0.3 is 10.2 Å². The molecule has 0 unspecified atom stereocenters. The maximum Gasteiger partial charge on any atom is 0.185 e. The smallest absolute Gasteiger partial charge is 0.185 e. The molecule has 2 N–H and O–H groups in total. The molecule has 6 heteroatoms. The number of anilines is 1. The van der Waals surface area contributed by atoms with Crippen LogP contribution in [0.3, 0.4) is 0 Å². The quantitative estimate of drug-likeness (QED) is 0.809. The van der Waals surface area contributed by atoms with Crippen molar-refractivity contribution in [3.63, 3.8) is 0 Å². The van der Waals surface area contributed by atoms with E-state index in [0.717, 1.165) is 36.9 Å². The Bertz CT molecular complexity index is 401. The zero-order valence-electron chi connectivity index (χ0n) is 10.3. The van der Waals surface area contributed by atoms with Gasteiger partial charge in [0.05, 0.1) is 0 Å². The van der Waals surface area contributed by atoms with Crippen molar-refractivity contribution in [3.05, 3.63) is 29.3 Å². The Morgan fingerprint density at radius 2 is 1.78 bits per heavy atom. The number of rotatable bonds is 2. The first-order valence-electron chi connectivity index (χ1n) is 5.90. The SMILES string of the molecule is CN1CCN(NC(=S)Nc2ccc(Cl)cc2)CC1. The normalized spacial score (nSPS) is 17.4. The number of likely N-dealkylation sites (N-methyl/N-ethyl adjacent to an activating group) is 1. The molecule has 0 saturated carbocycles. The molecular formula is C12H17ClN4S. The second kappa shape index (κ2) is 6.33. The van der Waals surface area contributed by atoms with Gasteiger partial charge in [0.1, 0.15) is 0 Å². The molecule has 0 amide bonds. The van der Waals surface area contributed by atoms with Gasteiger partial charge >= 0.3 is 0 Å². The molecule has 1 aromatic carbocycles. The van der Waals surface area contributed by atoms with E-state index >= 15 is 0 Å². The standard InChI is InChI=1S/C12H17ClN4S/c1-16-6-8-17(9-7-16)15-12(18)14-11-4-2-10(13)3-5-11/h2-5H,6-9H2,1H3,(H2,14,15,18). The van der Waals surface area contributed by atoms with Crippen LogP contribution in [-0.4, -0.2) is 48.2 Å². The lowest BCUT2D eigenvalue weighted by molar-refractivity contribution is 0.131. The van der Waals surface area contributed by atoms with E-state index in [9.17, 15) is 0 Å². The Hall–Kier alpha value is -0.880. The van der Waals surface area contributed by atoms with Gasteiger partial charge in [0.25, 0.3) is 0 Å². The molecule has 0 bridgehead atoms. The minimum absolute atomic E-state index is 0.613. The van der Waals surface area contributed by atoms with Gasteiger partial charge in [0.2, 0.25) is 0 Å². The van der Waals surface area contributed by atoms with Crippen molar-refractivity contribution in [2.45, 2.75) is 0 Å². The van der Waals surface area contributed by atoms with Crippen molar-refractivity contribution < 1.29 is 0 Å². The van der Waals surface area contributed by atoms with E-state index in [1.54, 1.807) is 0 Å². The number of hydrogen-bond donors (Lipinski definition) is 2. The summed E-state index contributed by atoms with van der Waals surface area (Å²) in [6.07, 6.45) is 0. The van der Waals surface area contributed by atoms with Crippen LogP contribution in [0.1, 0.15) is 0 Å². The molecular weight excluding hydrogens is 268 g/mol. The predicted octanol–water partition coefficient (Wildman–Crippen LogP) is 1.79. The number of thiocarbonyl (C=S) groups is 1. The van der Waals surface area contributed by atoms with Crippen LogP contribution in [0.2, 0.25) is 5.02 Å². The maximum absolute atomic E-state index is 5.83. The molecule has 0 spiro atoms. The second-order valence-electron chi connectivity index (χ2n) is 4.36. The number of nitrogens with one attached hydrogen (secondary N) is 2. The largest absolute Gasteiger partial charge is 0.332 e. The molecule has 1 saturated heterocycles. The molecule has 0 radical (unpaired) electrons. The lowest BCUT2D eigenvalue weighted by atomic mass is 10.3. The number of nitrogens with zero attached hydrogens (tertiary/aromatic N) is 2. The van der Waals surface area contributed by atoms with E-state index in [4.69, 9.17) is 23.8 Å². The van der Waals surface area contributed by atoms with Crippen LogP contribution in [0, 0.1) is 0 Å². The van der Waals surface area contributed by atoms with E-state index in [2.05, 4.69) is 27.7 Å². The van der Waals surface area contributed by atoms with E-state index in [0.29, 0.717) is 5.11 Å². The molecule has 0 aliphatic carbocycles. The first-order valence-corrected chi connectivity index (χ1v) is 6.69. The predicted molar refractivity (Wildman–Crippen MR) is 79.9 cm³/mol. The Morgan fingerprint density at radius 1 is 1.17 bits per heavy atom. The highest BCUT2D eigenvalue weighted by Gasteiger charge is 2.14. The van der Waals surface area contributed by atoms with E-state index < -0.39 is 0 Å². The Morgan fingerprint density at radius 3 is 2.39 bits per heavy atom. The van der Waals surface area contributed by atoms with Gasteiger partial charge in [0.15, 0.2) is 5.11 Å². The highest BCUT2D eigenvalue weighted by atomic mass is 35.5. The molecule has 1 fully saturated rings. The van der Waals surface area contributed by atoms with Crippen molar-refractivity contribution in [1.82, 2.24) is 15.3 Å². The molecule has 4 nitrogen and oxygen atoms in total. The van der Waals surface area contributed by atoms with Gasteiger partial charge in [-0.2, -0.15) is 0 Å². The highest BCUT2D eigenvalue weighted by Crippen LogP contribution is 2.13. The third kappa shape index (κ3) is 4.10. The summed E-state index contributed by atoms with van der Waals surface area (Å²) in [5, 5.41) is 6.60. The summed E-state index contributed by atoms with van der Waals surface area (Å²) in [5.41, 5.74) is 4.13. The molecule has 1 aliphatic rings. The Labute approximate surface area is 118 Å². The van der Waals surface area contributed by atoms with Crippen molar-refractivity contribution in [2.24, 2.45) is 0 Å². The van der Waals surface area contributed by atoms with Crippen molar-refractivity contribution in [2.75, 3.05) is 38.5 Å². The number of benzene rings is 1. The van der Waals surface area contributed by atoms with E-state index in [-0.39, 0.29) is 0 Å². The molecule has 18 heavy (non-hydrogen) atoms. The van der Waals surface area contributed by atoms with Crippen LogP contribution < -0.4 is 10.7 Å². The fraction of sp³-hybridized carbons (Fsp3) is 0.417. The van der Waals surface area contributed by atoms with Crippen molar-refractivity contribution in [1.29, 1.82) is 0 Å². The van der Waals surface area contributed by atoms with E-state index in [1.165, 1.54) is 0 Å². The van der Waals surface area contributed by atoms with Crippen LogP contribution >= 0.6 is 23.8 Å². The molecule has 0 atom stereocenters. The van der Waals surface area contributed by atoms with Crippen LogP contribution in [0.5, 0.6) is 0 Å². The van der Waals surface area contributed by atoms with Crippen molar-refractivity contribution in [3.8, 4) is 0 Å². The van der Waals surface area contributed by atoms with Gasteiger partial charge in [-0.3, -0.25) is 5.43 Å². The second-order valence-corrected chi connectivity index (χ2v) is 5.21. The fourth-order valence-electron chi connectivity index (χ4n) is 1.75. The summed E-state index contributed by atoms with van der Waals surface area (Å²) in [5.74, 6) is 0. The third-order valence-corrected chi connectivity index (χ3v) is 3.31. The van der Waals surface area contributed by atoms with Gasteiger partial charge in [-0.15, -0.1) is 0 Å². The third-order valence-electron chi connectivity index (χ3n) is 2.87. The summed E-state index contributed by atoms with van der Waals surface area (Å²) in [7, 11) is 2.13. The van der Waals surface area contributed by atoms with Crippen LogP contribution in [0.15, 0.2) is 24.3 Å². The van der Waals surface area contributed by atoms with Gasteiger partial charge in [0, 0.05) is 36.9 Å². The Balaban J connectivity index is 1.80. The van der Waals surface area contributed by atoms with Crippen LogP contribution in [-0.2, 0) is 0 Å². The number of hydrazine groups is 1. The van der Waals surface area contributed by atoms with Gasteiger partial charge in [-0.1, -0.05) is 11.6 Å². The molecule has 1 heterocycles. The lowest BCUT2D eigenvalue weighted by Crippen LogP contribution is -2.53. The fourth-order valence-corrected chi connectivity index (χ4v) is 2.13. The zero-order chi connectivity index (χ0) is 13.0. The molecule has 0 aromatic heterocycles. The Kier molecular flexibility index (Phi) is 4.77. The molecule has 98 valence electrons. The zero-order valence-corrected chi connectivity index (χ0v) is 11.9. The maximum atomic E-state index is 5.83. The number of hydrogen-bond acceptors (Lipinski definition) is 3. The van der Waals surface area contributed by atoms with Gasteiger partial charge in [-0.25, -0.2) is 5.01 Å². The number of piperazine rings is 1. The highest BCUT2D eigenvalue weighted by molar-refractivity contribution is 7.80. The van der Waals surface area contributed by atoms with Crippen molar-refractivity contribution >= 4 is 34.6 Å². The average molecular weight is 285 g/mol. The first kappa shape index (κ1) is 13.5.